The Kier molecular flexibility index (Phi) is 3.41. The van der Waals surface area contributed by atoms with Gasteiger partial charge in [-0.1, -0.05) is 60.7 Å². The summed E-state index contributed by atoms with van der Waals surface area (Å²) in [6.45, 7) is 0.953. The summed E-state index contributed by atoms with van der Waals surface area (Å²) in [5.74, 6) is 0. The molecule has 0 amide bonds. The number of aryl methyl sites for hydroxylation is 2. The molecule has 0 bridgehead atoms. The van der Waals surface area contributed by atoms with Crippen molar-refractivity contribution in [1.29, 1.82) is 0 Å². The summed E-state index contributed by atoms with van der Waals surface area (Å²) in [7, 11) is 0. The summed E-state index contributed by atoms with van der Waals surface area (Å²) in [5.41, 5.74) is 3.75. The minimum Gasteiger partial charge on any atom is -0.330 e. The minimum atomic E-state index is 0.953. The van der Waals surface area contributed by atoms with Crippen molar-refractivity contribution in [3.63, 3.8) is 0 Å². The molecule has 0 unspecified atom stereocenters. The SMILES string of the molecule is c1ccc(CCn2cncc2-c2ccccc2)cc1. The van der Waals surface area contributed by atoms with Gasteiger partial charge in [0.25, 0.3) is 0 Å². The highest BCUT2D eigenvalue weighted by atomic mass is 15.0. The third-order valence-electron chi connectivity index (χ3n) is 3.27. The Balaban J connectivity index is 1.78. The minimum absolute atomic E-state index is 0.953. The maximum absolute atomic E-state index is 4.27. The Morgan fingerprint density at radius 3 is 2.26 bits per heavy atom. The molecule has 0 fully saturated rings. The first-order valence-electron chi connectivity index (χ1n) is 6.53. The van der Waals surface area contributed by atoms with Gasteiger partial charge in [0.15, 0.2) is 0 Å². The van der Waals surface area contributed by atoms with Crippen LogP contribution in [0.15, 0.2) is 73.2 Å². The van der Waals surface area contributed by atoms with E-state index in [1.807, 2.05) is 18.6 Å². The van der Waals surface area contributed by atoms with Crippen molar-refractivity contribution in [3.05, 3.63) is 78.8 Å². The molecule has 94 valence electrons. The third kappa shape index (κ3) is 2.74. The quantitative estimate of drug-likeness (QED) is 0.687. The number of rotatable bonds is 4. The molecule has 0 atom stereocenters. The Bertz CT molecular complexity index is 627. The van der Waals surface area contributed by atoms with E-state index in [-0.39, 0.29) is 0 Å². The van der Waals surface area contributed by atoms with E-state index in [9.17, 15) is 0 Å². The van der Waals surface area contributed by atoms with Gasteiger partial charge in [-0.05, 0) is 17.5 Å². The molecule has 0 aliphatic heterocycles. The van der Waals surface area contributed by atoms with Crippen LogP contribution in [0, 0.1) is 0 Å². The fraction of sp³-hybridized carbons (Fsp3) is 0.118. The van der Waals surface area contributed by atoms with Crippen molar-refractivity contribution < 1.29 is 0 Å². The summed E-state index contributed by atoms with van der Waals surface area (Å²) in [6.07, 6.45) is 4.86. The number of benzene rings is 2. The molecule has 0 saturated heterocycles. The second-order valence-electron chi connectivity index (χ2n) is 4.57. The van der Waals surface area contributed by atoms with Crippen LogP contribution in [0.1, 0.15) is 5.56 Å². The summed E-state index contributed by atoms with van der Waals surface area (Å²) in [6, 6.07) is 20.9. The van der Waals surface area contributed by atoms with E-state index >= 15 is 0 Å². The topological polar surface area (TPSA) is 17.8 Å². The summed E-state index contributed by atoms with van der Waals surface area (Å²) >= 11 is 0. The van der Waals surface area contributed by atoms with Crippen LogP contribution >= 0.6 is 0 Å². The van der Waals surface area contributed by atoms with Crippen molar-refractivity contribution in [2.24, 2.45) is 0 Å². The largest absolute Gasteiger partial charge is 0.330 e. The fourth-order valence-electron chi connectivity index (χ4n) is 2.24. The Morgan fingerprint density at radius 1 is 0.842 bits per heavy atom. The van der Waals surface area contributed by atoms with E-state index in [0.717, 1.165) is 13.0 Å². The van der Waals surface area contributed by atoms with Crippen molar-refractivity contribution in [3.8, 4) is 11.3 Å². The predicted molar refractivity (Wildman–Crippen MR) is 77.8 cm³/mol. The van der Waals surface area contributed by atoms with Crippen LogP contribution in [0.25, 0.3) is 11.3 Å². The lowest BCUT2D eigenvalue weighted by Gasteiger charge is -2.08. The fourth-order valence-corrected chi connectivity index (χ4v) is 2.24. The first-order valence-corrected chi connectivity index (χ1v) is 6.53. The zero-order valence-corrected chi connectivity index (χ0v) is 10.7. The van der Waals surface area contributed by atoms with Gasteiger partial charge in [-0.15, -0.1) is 0 Å². The van der Waals surface area contributed by atoms with Gasteiger partial charge in [0.1, 0.15) is 0 Å². The lowest BCUT2D eigenvalue weighted by Crippen LogP contribution is -2.01. The standard InChI is InChI=1S/C17H16N2/c1-3-7-15(8-4-1)11-12-19-14-18-13-17(19)16-9-5-2-6-10-16/h1-10,13-14H,11-12H2. The molecule has 2 nitrogen and oxygen atoms in total. The van der Waals surface area contributed by atoms with Crippen LogP contribution in [0.3, 0.4) is 0 Å². The molecule has 3 rings (SSSR count). The normalized spacial score (nSPS) is 10.5. The van der Waals surface area contributed by atoms with Gasteiger partial charge in [-0.25, -0.2) is 4.98 Å². The van der Waals surface area contributed by atoms with Gasteiger partial charge in [0.2, 0.25) is 0 Å². The van der Waals surface area contributed by atoms with Crippen LogP contribution in [-0.2, 0) is 13.0 Å². The molecule has 0 N–H and O–H groups in total. The molecule has 19 heavy (non-hydrogen) atoms. The maximum atomic E-state index is 4.27. The van der Waals surface area contributed by atoms with Crippen molar-refractivity contribution >= 4 is 0 Å². The molecule has 0 radical (unpaired) electrons. The Morgan fingerprint density at radius 2 is 1.53 bits per heavy atom. The zero-order chi connectivity index (χ0) is 12.9. The van der Waals surface area contributed by atoms with Crippen LogP contribution in [-0.4, -0.2) is 9.55 Å². The van der Waals surface area contributed by atoms with Gasteiger partial charge in [0, 0.05) is 6.54 Å². The second-order valence-corrected chi connectivity index (χ2v) is 4.57. The smallest absolute Gasteiger partial charge is 0.0951 e. The molecule has 3 aromatic rings. The van der Waals surface area contributed by atoms with Crippen molar-refractivity contribution in [2.75, 3.05) is 0 Å². The highest BCUT2D eigenvalue weighted by molar-refractivity contribution is 5.58. The van der Waals surface area contributed by atoms with E-state index in [2.05, 4.69) is 64.1 Å². The van der Waals surface area contributed by atoms with E-state index in [4.69, 9.17) is 0 Å². The molecule has 0 saturated carbocycles. The molecule has 0 aliphatic rings. The third-order valence-corrected chi connectivity index (χ3v) is 3.27. The Hall–Kier alpha value is -2.35. The summed E-state index contributed by atoms with van der Waals surface area (Å²) in [4.78, 5) is 4.27. The number of aromatic nitrogens is 2. The molecular formula is C17H16N2. The maximum Gasteiger partial charge on any atom is 0.0951 e. The van der Waals surface area contributed by atoms with Crippen LogP contribution in [0.4, 0.5) is 0 Å². The van der Waals surface area contributed by atoms with Gasteiger partial charge in [-0.3, -0.25) is 0 Å². The van der Waals surface area contributed by atoms with Crippen molar-refractivity contribution in [1.82, 2.24) is 9.55 Å². The highest BCUT2D eigenvalue weighted by Gasteiger charge is 2.04. The second kappa shape index (κ2) is 5.53. The highest BCUT2D eigenvalue weighted by Crippen LogP contribution is 2.18. The lowest BCUT2D eigenvalue weighted by molar-refractivity contribution is 0.702. The number of hydrogen-bond donors (Lipinski definition) is 0. The van der Waals surface area contributed by atoms with Crippen LogP contribution in [0.5, 0.6) is 0 Å². The number of hydrogen-bond acceptors (Lipinski definition) is 1. The molecule has 1 aromatic heterocycles. The molecule has 2 aromatic carbocycles. The van der Waals surface area contributed by atoms with E-state index < -0.39 is 0 Å². The molecule has 0 spiro atoms. The van der Waals surface area contributed by atoms with E-state index in [0.29, 0.717) is 0 Å². The number of nitrogens with zero attached hydrogens (tertiary/aromatic N) is 2. The molecule has 1 heterocycles. The van der Waals surface area contributed by atoms with Gasteiger partial charge in [-0.2, -0.15) is 0 Å². The number of imidazole rings is 1. The summed E-state index contributed by atoms with van der Waals surface area (Å²) < 4.78 is 2.21. The van der Waals surface area contributed by atoms with Gasteiger partial charge in [0.05, 0.1) is 18.2 Å². The van der Waals surface area contributed by atoms with E-state index in [1.165, 1.54) is 16.8 Å². The zero-order valence-electron chi connectivity index (χ0n) is 10.7. The van der Waals surface area contributed by atoms with Gasteiger partial charge < -0.3 is 4.57 Å². The van der Waals surface area contributed by atoms with Crippen LogP contribution in [0.2, 0.25) is 0 Å². The molecule has 0 aliphatic carbocycles. The average molecular weight is 248 g/mol. The van der Waals surface area contributed by atoms with Gasteiger partial charge >= 0.3 is 0 Å². The summed E-state index contributed by atoms with van der Waals surface area (Å²) in [5, 5.41) is 0. The van der Waals surface area contributed by atoms with Crippen LogP contribution < -0.4 is 0 Å². The van der Waals surface area contributed by atoms with Crippen molar-refractivity contribution in [2.45, 2.75) is 13.0 Å². The first-order chi connectivity index (χ1) is 9.43. The monoisotopic (exact) mass is 248 g/mol. The predicted octanol–water partition coefficient (Wildman–Crippen LogP) is 3.79. The lowest BCUT2D eigenvalue weighted by atomic mass is 10.1. The first kappa shape index (κ1) is 11.7. The Labute approximate surface area is 113 Å². The van der Waals surface area contributed by atoms with E-state index in [1.54, 1.807) is 0 Å². The molecular weight excluding hydrogens is 232 g/mol. The molecule has 2 heteroatoms. The average Bonchev–Trinajstić information content (AvgIpc) is 2.95.